The summed E-state index contributed by atoms with van der Waals surface area (Å²) >= 11 is 0. The molecule has 7 heteroatoms. The van der Waals surface area contributed by atoms with Crippen molar-refractivity contribution in [3.05, 3.63) is 71.4 Å². The molecular weight excluding hydrogens is 448 g/mol. The molecule has 4 heterocycles. The standard InChI is InChI=1S/C29H36N6O/c1-21-27(22(2)35(32-21)26-16-30-13-14-31-26)28(36)34-19-23-17-33(18-24(23)20-34)15-12-29(10-6-7-11-29)25-8-4-3-5-9-25/h3-5,8-9,13-14,16,23-24H,6-7,10-12,15,17-20H2,1-2H3. The Balaban J connectivity index is 1.09. The molecule has 36 heavy (non-hydrogen) atoms. The van der Waals surface area contributed by atoms with Crippen molar-refractivity contribution >= 4 is 5.91 Å². The molecule has 6 rings (SSSR count). The molecule has 7 nitrogen and oxygen atoms in total. The summed E-state index contributed by atoms with van der Waals surface area (Å²) in [5.74, 6) is 1.89. The van der Waals surface area contributed by atoms with Crippen LogP contribution in [0.5, 0.6) is 0 Å². The number of fused-ring (bicyclic) bond motifs is 1. The van der Waals surface area contributed by atoms with E-state index >= 15 is 0 Å². The van der Waals surface area contributed by atoms with Crippen molar-refractivity contribution in [3.63, 3.8) is 0 Å². The summed E-state index contributed by atoms with van der Waals surface area (Å²) in [5.41, 5.74) is 4.19. The number of nitrogens with zero attached hydrogens (tertiary/aromatic N) is 6. The molecule has 0 N–H and O–H groups in total. The van der Waals surface area contributed by atoms with Crippen molar-refractivity contribution < 1.29 is 4.79 Å². The van der Waals surface area contributed by atoms with Crippen LogP contribution in [0.25, 0.3) is 5.82 Å². The molecule has 2 aliphatic heterocycles. The summed E-state index contributed by atoms with van der Waals surface area (Å²) in [4.78, 5) is 26.8. The predicted octanol–water partition coefficient (Wildman–Crippen LogP) is 4.19. The Morgan fingerprint density at radius 2 is 1.72 bits per heavy atom. The minimum atomic E-state index is 0.107. The zero-order valence-electron chi connectivity index (χ0n) is 21.4. The summed E-state index contributed by atoms with van der Waals surface area (Å²) in [5, 5.41) is 4.61. The van der Waals surface area contributed by atoms with Gasteiger partial charge in [-0.25, -0.2) is 9.67 Å². The van der Waals surface area contributed by atoms with Crippen LogP contribution in [0.2, 0.25) is 0 Å². The van der Waals surface area contributed by atoms with E-state index in [4.69, 9.17) is 0 Å². The maximum Gasteiger partial charge on any atom is 0.257 e. The molecule has 2 saturated heterocycles. The monoisotopic (exact) mass is 484 g/mol. The number of hydrogen-bond acceptors (Lipinski definition) is 5. The van der Waals surface area contributed by atoms with E-state index in [1.165, 1.54) is 44.2 Å². The highest BCUT2D eigenvalue weighted by molar-refractivity contribution is 5.96. The van der Waals surface area contributed by atoms with Crippen LogP contribution in [0.1, 0.15) is 59.4 Å². The maximum atomic E-state index is 13.6. The summed E-state index contributed by atoms with van der Waals surface area (Å²) < 4.78 is 1.74. The second-order valence-electron chi connectivity index (χ2n) is 11.1. The normalized spacial score (nSPS) is 23.3. The molecular formula is C29H36N6O. The molecule has 3 fully saturated rings. The number of carbonyl (C=O) groups is 1. The van der Waals surface area contributed by atoms with E-state index < -0.39 is 0 Å². The Morgan fingerprint density at radius 3 is 2.39 bits per heavy atom. The van der Waals surface area contributed by atoms with Crippen LogP contribution in [-0.4, -0.2) is 68.2 Å². The van der Waals surface area contributed by atoms with Crippen molar-refractivity contribution in [1.29, 1.82) is 0 Å². The lowest BCUT2D eigenvalue weighted by Gasteiger charge is -2.32. The van der Waals surface area contributed by atoms with Gasteiger partial charge >= 0.3 is 0 Å². The van der Waals surface area contributed by atoms with E-state index in [1.807, 2.05) is 13.8 Å². The average molecular weight is 485 g/mol. The molecule has 1 amide bonds. The lowest BCUT2D eigenvalue weighted by molar-refractivity contribution is 0.0772. The smallest absolute Gasteiger partial charge is 0.257 e. The number of rotatable bonds is 6. The van der Waals surface area contributed by atoms with Crippen molar-refractivity contribution in [2.45, 2.75) is 51.4 Å². The number of hydrogen-bond donors (Lipinski definition) is 0. The Kier molecular flexibility index (Phi) is 6.12. The first-order valence-electron chi connectivity index (χ1n) is 13.4. The summed E-state index contributed by atoms with van der Waals surface area (Å²) in [6, 6.07) is 11.2. The highest BCUT2D eigenvalue weighted by atomic mass is 16.2. The molecule has 1 aliphatic carbocycles. The van der Waals surface area contributed by atoms with Gasteiger partial charge in [-0.1, -0.05) is 43.2 Å². The number of benzene rings is 1. The van der Waals surface area contributed by atoms with E-state index in [9.17, 15) is 4.79 Å². The highest BCUT2D eigenvalue weighted by Gasteiger charge is 2.43. The van der Waals surface area contributed by atoms with E-state index in [-0.39, 0.29) is 5.91 Å². The average Bonchev–Trinajstić information content (AvgIpc) is 3.67. The lowest BCUT2D eigenvalue weighted by Crippen LogP contribution is -2.35. The van der Waals surface area contributed by atoms with Gasteiger partial charge < -0.3 is 9.80 Å². The molecule has 2 unspecified atom stereocenters. The molecule has 2 atom stereocenters. The third kappa shape index (κ3) is 4.13. The quantitative estimate of drug-likeness (QED) is 0.525. The Morgan fingerprint density at radius 1 is 1.00 bits per heavy atom. The molecule has 1 aromatic carbocycles. The summed E-state index contributed by atoms with van der Waals surface area (Å²) in [6.07, 6.45) is 11.6. The van der Waals surface area contributed by atoms with Crippen molar-refractivity contribution in [3.8, 4) is 5.82 Å². The number of aromatic nitrogens is 4. The van der Waals surface area contributed by atoms with E-state index in [0.717, 1.165) is 37.6 Å². The second kappa shape index (κ2) is 9.43. The van der Waals surface area contributed by atoms with Crippen LogP contribution in [0.15, 0.2) is 48.9 Å². The van der Waals surface area contributed by atoms with E-state index in [0.29, 0.717) is 28.6 Å². The van der Waals surface area contributed by atoms with Gasteiger partial charge in [0.1, 0.15) is 0 Å². The number of amides is 1. The van der Waals surface area contributed by atoms with Gasteiger partial charge in [-0.05, 0) is 62.5 Å². The molecule has 188 valence electrons. The van der Waals surface area contributed by atoms with Crippen molar-refractivity contribution in [2.24, 2.45) is 11.8 Å². The van der Waals surface area contributed by atoms with Crippen LogP contribution >= 0.6 is 0 Å². The fourth-order valence-corrected chi connectivity index (χ4v) is 7.07. The Labute approximate surface area is 213 Å². The van der Waals surface area contributed by atoms with Crippen LogP contribution < -0.4 is 0 Å². The molecule has 1 saturated carbocycles. The van der Waals surface area contributed by atoms with Crippen LogP contribution in [0.4, 0.5) is 0 Å². The van der Waals surface area contributed by atoms with Gasteiger partial charge in [0, 0.05) is 38.6 Å². The predicted molar refractivity (Wildman–Crippen MR) is 139 cm³/mol. The number of likely N-dealkylation sites (tertiary alicyclic amines) is 2. The Hall–Kier alpha value is -3.06. The van der Waals surface area contributed by atoms with Gasteiger partial charge in [0.05, 0.1) is 23.1 Å². The highest BCUT2D eigenvalue weighted by Crippen LogP contribution is 2.44. The summed E-state index contributed by atoms with van der Waals surface area (Å²) in [6.45, 7) is 8.94. The number of carbonyl (C=O) groups excluding carboxylic acids is 1. The van der Waals surface area contributed by atoms with Crippen molar-refractivity contribution in [1.82, 2.24) is 29.5 Å². The third-order valence-corrected chi connectivity index (χ3v) is 8.97. The zero-order chi connectivity index (χ0) is 24.7. The van der Waals surface area contributed by atoms with Gasteiger partial charge in [0.15, 0.2) is 5.82 Å². The zero-order valence-corrected chi connectivity index (χ0v) is 21.4. The third-order valence-electron chi connectivity index (χ3n) is 8.97. The first-order chi connectivity index (χ1) is 17.5. The maximum absolute atomic E-state index is 13.6. The lowest BCUT2D eigenvalue weighted by atomic mass is 9.76. The van der Waals surface area contributed by atoms with Crippen LogP contribution in [0.3, 0.4) is 0 Å². The fraction of sp³-hybridized carbons (Fsp3) is 0.517. The molecule has 2 aromatic heterocycles. The molecule has 0 spiro atoms. The topological polar surface area (TPSA) is 67.2 Å². The fourth-order valence-electron chi connectivity index (χ4n) is 7.07. The van der Waals surface area contributed by atoms with E-state index in [2.05, 4.69) is 55.2 Å². The van der Waals surface area contributed by atoms with Crippen molar-refractivity contribution in [2.75, 3.05) is 32.7 Å². The van der Waals surface area contributed by atoms with Gasteiger partial charge in [0.25, 0.3) is 5.91 Å². The van der Waals surface area contributed by atoms with Gasteiger partial charge in [-0.3, -0.25) is 9.78 Å². The SMILES string of the molecule is Cc1nn(-c2cnccn2)c(C)c1C(=O)N1CC2CN(CCC3(c4ccccc4)CCCC3)CC2C1. The molecule has 3 aliphatic rings. The van der Waals surface area contributed by atoms with E-state index in [1.54, 1.807) is 23.3 Å². The van der Waals surface area contributed by atoms with Crippen LogP contribution in [0, 0.1) is 25.7 Å². The van der Waals surface area contributed by atoms with Crippen LogP contribution in [-0.2, 0) is 5.41 Å². The first kappa shape index (κ1) is 23.3. The molecule has 0 bridgehead atoms. The summed E-state index contributed by atoms with van der Waals surface area (Å²) in [7, 11) is 0. The second-order valence-corrected chi connectivity index (χ2v) is 11.1. The molecule has 3 aromatic rings. The minimum Gasteiger partial charge on any atom is -0.338 e. The number of aryl methyl sites for hydroxylation is 1. The minimum absolute atomic E-state index is 0.107. The largest absolute Gasteiger partial charge is 0.338 e. The van der Waals surface area contributed by atoms with Gasteiger partial charge in [-0.15, -0.1) is 0 Å². The Bertz CT molecular complexity index is 1200. The van der Waals surface area contributed by atoms with Gasteiger partial charge in [0.2, 0.25) is 0 Å². The van der Waals surface area contributed by atoms with Gasteiger partial charge in [-0.2, -0.15) is 5.10 Å². The molecule has 0 radical (unpaired) electrons. The first-order valence-corrected chi connectivity index (χ1v) is 13.4.